The molecule has 0 saturated heterocycles. The summed E-state index contributed by atoms with van der Waals surface area (Å²) in [5, 5.41) is 3.18. The minimum atomic E-state index is -3.48. The Hall–Kier alpha value is -1.11. The molecule has 0 amide bonds. The van der Waals surface area contributed by atoms with Crippen molar-refractivity contribution in [3.8, 4) is 0 Å². The van der Waals surface area contributed by atoms with Gasteiger partial charge in [0.15, 0.2) is 0 Å². The highest BCUT2D eigenvalue weighted by atomic mass is 32.2. The van der Waals surface area contributed by atoms with E-state index in [4.69, 9.17) is 4.74 Å². The van der Waals surface area contributed by atoms with Gasteiger partial charge >= 0.3 is 0 Å². The molecule has 0 fully saturated rings. The van der Waals surface area contributed by atoms with Gasteiger partial charge in [-0.3, -0.25) is 0 Å². The highest BCUT2D eigenvalue weighted by molar-refractivity contribution is 7.89. The second-order valence-corrected chi connectivity index (χ2v) is 6.39. The molecule has 1 aliphatic rings. The molecule has 0 spiro atoms. The molecule has 1 unspecified atom stereocenters. The monoisotopic (exact) mass is 284 g/mol. The first-order valence-electron chi connectivity index (χ1n) is 6.50. The molecule has 1 aromatic carbocycles. The van der Waals surface area contributed by atoms with Crippen LogP contribution in [0.5, 0.6) is 0 Å². The van der Waals surface area contributed by atoms with Gasteiger partial charge in [-0.25, -0.2) is 13.1 Å². The van der Waals surface area contributed by atoms with Gasteiger partial charge in [-0.05, 0) is 38.0 Å². The van der Waals surface area contributed by atoms with Crippen LogP contribution in [0.3, 0.4) is 0 Å². The summed E-state index contributed by atoms with van der Waals surface area (Å²) in [4.78, 5) is 0.295. The first kappa shape index (κ1) is 14.3. The van der Waals surface area contributed by atoms with Gasteiger partial charge in [-0.2, -0.15) is 0 Å². The summed E-state index contributed by atoms with van der Waals surface area (Å²) in [5.74, 6) is 0. The molecule has 0 aliphatic carbocycles. The average molecular weight is 284 g/mol. The Bertz CT molecular complexity index is 543. The van der Waals surface area contributed by atoms with E-state index < -0.39 is 10.0 Å². The van der Waals surface area contributed by atoms with Crippen molar-refractivity contribution >= 4 is 15.7 Å². The van der Waals surface area contributed by atoms with Crippen molar-refractivity contribution in [2.75, 3.05) is 25.1 Å². The zero-order valence-electron chi connectivity index (χ0n) is 11.3. The van der Waals surface area contributed by atoms with Crippen LogP contribution in [0.2, 0.25) is 0 Å². The molecule has 0 bridgehead atoms. The molecule has 1 atom stereocenters. The third-order valence-corrected chi connectivity index (χ3v) is 4.62. The molecule has 5 nitrogen and oxygen atoms in total. The van der Waals surface area contributed by atoms with Crippen molar-refractivity contribution in [2.45, 2.75) is 31.2 Å². The number of ether oxygens (including phenoxy) is 1. The van der Waals surface area contributed by atoms with Gasteiger partial charge in [0, 0.05) is 24.9 Å². The van der Waals surface area contributed by atoms with Gasteiger partial charge in [0.2, 0.25) is 10.0 Å². The third kappa shape index (κ3) is 3.46. The van der Waals surface area contributed by atoms with E-state index in [2.05, 4.69) is 10.0 Å². The number of anilines is 1. The van der Waals surface area contributed by atoms with Crippen LogP contribution < -0.4 is 10.0 Å². The predicted octanol–water partition coefficient (Wildman–Crippen LogP) is 1.36. The minimum absolute atomic E-state index is 0.244. The van der Waals surface area contributed by atoms with Crippen LogP contribution >= 0.6 is 0 Å². The molecule has 6 heteroatoms. The van der Waals surface area contributed by atoms with E-state index in [1.54, 1.807) is 19.1 Å². The van der Waals surface area contributed by atoms with Crippen molar-refractivity contribution in [1.29, 1.82) is 0 Å². The van der Waals surface area contributed by atoms with Crippen LogP contribution in [0.15, 0.2) is 23.1 Å². The summed E-state index contributed by atoms with van der Waals surface area (Å²) in [6.45, 7) is 5.49. The maximum atomic E-state index is 12.2. The number of nitrogens with one attached hydrogen (secondary N) is 2. The van der Waals surface area contributed by atoms with Crippen LogP contribution in [0.4, 0.5) is 5.69 Å². The van der Waals surface area contributed by atoms with Gasteiger partial charge in [0.05, 0.1) is 11.5 Å². The smallest absolute Gasteiger partial charge is 0.240 e. The zero-order chi connectivity index (χ0) is 13.9. The van der Waals surface area contributed by atoms with Gasteiger partial charge in [0.25, 0.3) is 0 Å². The maximum absolute atomic E-state index is 12.2. The minimum Gasteiger partial charge on any atom is -0.384 e. The molecule has 1 heterocycles. The summed E-state index contributed by atoms with van der Waals surface area (Å²) in [6, 6.07) is 4.97. The average Bonchev–Trinajstić information content (AvgIpc) is 2.82. The Kier molecular flexibility index (Phi) is 4.44. The van der Waals surface area contributed by atoms with E-state index in [1.165, 1.54) is 5.56 Å². The fraction of sp³-hybridized carbons (Fsp3) is 0.538. The molecule has 0 radical (unpaired) electrons. The largest absolute Gasteiger partial charge is 0.384 e. The highest BCUT2D eigenvalue weighted by Gasteiger charge is 2.20. The summed E-state index contributed by atoms with van der Waals surface area (Å²) in [5.41, 5.74) is 2.08. The Morgan fingerprint density at radius 1 is 1.47 bits per heavy atom. The summed E-state index contributed by atoms with van der Waals surface area (Å²) >= 11 is 0. The van der Waals surface area contributed by atoms with Crippen LogP contribution in [0, 0.1) is 0 Å². The van der Waals surface area contributed by atoms with Gasteiger partial charge in [-0.15, -0.1) is 0 Å². The second-order valence-electron chi connectivity index (χ2n) is 4.68. The van der Waals surface area contributed by atoms with E-state index in [-0.39, 0.29) is 6.04 Å². The fourth-order valence-corrected chi connectivity index (χ4v) is 3.35. The molecule has 19 heavy (non-hydrogen) atoms. The van der Waals surface area contributed by atoms with E-state index >= 15 is 0 Å². The van der Waals surface area contributed by atoms with Crippen molar-refractivity contribution in [1.82, 2.24) is 4.72 Å². The Morgan fingerprint density at radius 2 is 2.26 bits per heavy atom. The molecule has 1 aromatic rings. The number of benzene rings is 1. The van der Waals surface area contributed by atoms with Crippen LogP contribution in [0.1, 0.15) is 19.4 Å². The van der Waals surface area contributed by atoms with Crippen LogP contribution in [0.25, 0.3) is 0 Å². The van der Waals surface area contributed by atoms with Crippen molar-refractivity contribution < 1.29 is 13.2 Å². The molecule has 106 valence electrons. The van der Waals surface area contributed by atoms with E-state index in [0.29, 0.717) is 18.1 Å². The maximum Gasteiger partial charge on any atom is 0.240 e. The normalized spacial score (nSPS) is 15.9. The SMILES string of the molecule is CCOCC(C)NS(=O)(=O)c1ccc2c(c1)NCC2. The van der Waals surface area contributed by atoms with Crippen LogP contribution in [-0.4, -0.2) is 34.2 Å². The number of hydrogen-bond donors (Lipinski definition) is 2. The summed E-state index contributed by atoms with van der Waals surface area (Å²) in [6.07, 6.45) is 0.948. The molecule has 0 saturated carbocycles. The van der Waals surface area contributed by atoms with Crippen LogP contribution in [-0.2, 0) is 21.2 Å². The molecule has 1 aliphatic heterocycles. The highest BCUT2D eigenvalue weighted by Crippen LogP contribution is 2.25. The number of rotatable bonds is 6. The fourth-order valence-electron chi connectivity index (χ4n) is 2.10. The van der Waals surface area contributed by atoms with Crippen molar-refractivity contribution in [3.63, 3.8) is 0 Å². The lowest BCUT2D eigenvalue weighted by Crippen LogP contribution is -2.35. The Morgan fingerprint density at radius 3 is 3.00 bits per heavy atom. The standard InChI is InChI=1S/C13H20N2O3S/c1-3-18-9-10(2)15-19(16,17)12-5-4-11-6-7-14-13(11)8-12/h4-5,8,10,14-15H,3,6-7,9H2,1-2H3. The number of hydrogen-bond acceptors (Lipinski definition) is 4. The van der Waals surface area contributed by atoms with E-state index in [1.807, 2.05) is 13.0 Å². The zero-order valence-corrected chi connectivity index (χ0v) is 12.1. The summed E-state index contributed by atoms with van der Waals surface area (Å²) < 4.78 is 32.3. The lowest BCUT2D eigenvalue weighted by Gasteiger charge is -2.14. The van der Waals surface area contributed by atoms with Crippen molar-refractivity contribution in [2.24, 2.45) is 0 Å². The molecule has 2 rings (SSSR count). The Balaban J connectivity index is 2.11. The first-order valence-corrected chi connectivity index (χ1v) is 7.98. The van der Waals surface area contributed by atoms with Gasteiger partial charge in [0.1, 0.15) is 0 Å². The van der Waals surface area contributed by atoms with Crippen molar-refractivity contribution in [3.05, 3.63) is 23.8 Å². The number of fused-ring (bicyclic) bond motifs is 1. The molecular formula is C13H20N2O3S. The lowest BCUT2D eigenvalue weighted by atomic mass is 10.2. The quantitative estimate of drug-likeness (QED) is 0.827. The van der Waals surface area contributed by atoms with Gasteiger partial charge in [-0.1, -0.05) is 6.07 Å². The van der Waals surface area contributed by atoms with E-state index in [0.717, 1.165) is 18.7 Å². The molecule has 2 N–H and O–H groups in total. The van der Waals surface area contributed by atoms with Gasteiger partial charge < -0.3 is 10.1 Å². The topological polar surface area (TPSA) is 67.4 Å². The lowest BCUT2D eigenvalue weighted by molar-refractivity contribution is 0.133. The molecule has 0 aromatic heterocycles. The summed E-state index contributed by atoms with van der Waals surface area (Å²) in [7, 11) is -3.48. The second kappa shape index (κ2) is 5.90. The first-order chi connectivity index (χ1) is 9.03. The third-order valence-electron chi connectivity index (χ3n) is 3.03. The Labute approximate surface area is 114 Å². The predicted molar refractivity (Wildman–Crippen MR) is 74.9 cm³/mol. The van der Waals surface area contributed by atoms with E-state index in [9.17, 15) is 8.42 Å². The molecular weight excluding hydrogens is 264 g/mol. The number of sulfonamides is 1.